The Kier molecular flexibility index (Phi) is 6.05. The number of nitrogens with zero attached hydrogens (tertiary/aromatic N) is 2. The predicted octanol–water partition coefficient (Wildman–Crippen LogP) is 2.58. The Morgan fingerprint density at radius 1 is 1.12 bits per heavy atom. The van der Waals surface area contributed by atoms with Gasteiger partial charge in [-0.05, 0) is 31.2 Å². The highest BCUT2D eigenvalue weighted by Gasteiger charge is 2.23. The molecular weight excluding hydrogens is 300 g/mol. The van der Waals surface area contributed by atoms with Crippen molar-refractivity contribution in [1.29, 1.82) is 0 Å². The van der Waals surface area contributed by atoms with Gasteiger partial charge in [0.05, 0.1) is 19.8 Å². The van der Waals surface area contributed by atoms with Crippen LogP contribution in [-0.4, -0.2) is 61.6 Å². The summed E-state index contributed by atoms with van der Waals surface area (Å²) in [5, 5.41) is 0. The molecule has 3 rings (SSSR count). The van der Waals surface area contributed by atoms with Gasteiger partial charge in [-0.2, -0.15) is 0 Å². The standard InChI is InChI=1S/C20H28N2O2/c1-17-2-4-18(5-3-17)6-7-19-8-10-22(11-9-19)20(23)16-21-12-14-24-15-13-21/h2-7,19H,8-16H2,1H3. The first-order valence-corrected chi connectivity index (χ1v) is 9.03. The number of hydrogen-bond donors (Lipinski definition) is 0. The highest BCUT2D eigenvalue weighted by molar-refractivity contribution is 5.78. The fourth-order valence-electron chi connectivity index (χ4n) is 3.32. The fraction of sp³-hybridized carbons (Fsp3) is 0.550. The minimum atomic E-state index is 0.276. The van der Waals surface area contributed by atoms with Gasteiger partial charge in [0.25, 0.3) is 0 Å². The van der Waals surface area contributed by atoms with Gasteiger partial charge >= 0.3 is 0 Å². The second-order valence-corrected chi connectivity index (χ2v) is 6.88. The number of allylic oxidation sites excluding steroid dienone is 1. The lowest BCUT2D eigenvalue weighted by Gasteiger charge is -2.33. The molecule has 2 fully saturated rings. The van der Waals surface area contributed by atoms with E-state index >= 15 is 0 Å². The third kappa shape index (κ3) is 4.92. The molecular formula is C20H28N2O2. The van der Waals surface area contributed by atoms with E-state index in [2.05, 4.69) is 48.2 Å². The van der Waals surface area contributed by atoms with Crippen LogP contribution in [-0.2, 0) is 9.53 Å². The number of carbonyl (C=O) groups is 1. The summed E-state index contributed by atoms with van der Waals surface area (Å²) in [4.78, 5) is 16.6. The monoisotopic (exact) mass is 328 g/mol. The van der Waals surface area contributed by atoms with Gasteiger partial charge < -0.3 is 9.64 Å². The van der Waals surface area contributed by atoms with Crippen LogP contribution in [0.4, 0.5) is 0 Å². The van der Waals surface area contributed by atoms with Gasteiger partial charge in [0.1, 0.15) is 0 Å². The summed E-state index contributed by atoms with van der Waals surface area (Å²) in [6.07, 6.45) is 6.66. The average Bonchev–Trinajstić information content (AvgIpc) is 2.62. The smallest absolute Gasteiger partial charge is 0.236 e. The molecule has 1 amide bonds. The molecule has 0 unspecified atom stereocenters. The van der Waals surface area contributed by atoms with Gasteiger partial charge in [-0.3, -0.25) is 9.69 Å². The Bertz CT molecular complexity index is 554. The maximum Gasteiger partial charge on any atom is 0.236 e. The molecule has 0 atom stereocenters. The molecule has 0 radical (unpaired) electrons. The molecule has 2 heterocycles. The van der Waals surface area contributed by atoms with E-state index in [0.717, 1.165) is 52.2 Å². The lowest BCUT2D eigenvalue weighted by Crippen LogP contribution is -2.46. The van der Waals surface area contributed by atoms with Crippen molar-refractivity contribution in [3.8, 4) is 0 Å². The molecule has 1 aromatic carbocycles. The maximum atomic E-state index is 12.4. The van der Waals surface area contributed by atoms with Crippen LogP contribution in [0.5, 0.6) is 0 Å². The Hall–Kier alpha value is -1.65. The Morgan fingerprint density at radius 3 is 2.46 bits per heavy atom. The van der Waals surface area contributed by atoms with Crippen molar-refractivity contribution in [3.63, 3.8) is 0 Å². The molecule has 4 nitrogen and oxygen atoms in total. The summed E-state index contributed by atoms with van der Waals surface area (Å²) in [6.45, 7) is 7.67. The van der Waals surface area contributed by atoms with E-state index in [9.17, 15) is 4.79 Å². The van der Waals surface area contributed by atoms with E-state index in [1.54, 1.807) is 0 Å². The number of piperidine rings is 1. The molecule has 130 valence electrons. The summed E-state index contributed by atoms with van der Waals surface area (Å²) in [5.41, 5.74) is 2.55. The normalized spacial score (nSPS) is 20.6. The van der Waals surface area contributed by atoms with E-state index in [4.69, 9.17) is 4.74 Å². The molecule has 2 aliphatic rings. The molecule has 4 heteroatoms. The second-order valence-electron chi connectivity index (χ2n) is 6.88. The SMILES string of the molecule is Cc1ccc(C=CC2CCN(C(=O)CN3CCOCC3)CC2)cc1. The van der Waals surface area contributed by atoms with Crippen molar-refractivity contribution in [2.75, 3.05) is 45.9 Å². The van der Waals surface area contributed by atoms with E-state index in [0.29, 0.717) is 12.5 Å². The molecule has 2 saturated heterocycles. The highest BCUT2D eigenvalue weighted by atomic mass is 16.5. The lowest BCUT2D eigenvalue weighted by molar-refractivity contribution is -0.134. The lowest BCUT2D eigenvalue weighted by atomic mass is 9.95. The van der Waals surface area contributed by atoms with Crippen LogP contribution in [0.3, 0.4) is 0 Å². The number of likely N-dealkylation sites (tertiary alicyclic amines) is 1. The first kappa shape index (κ1) is 17.2. The Balaban J connectivity index is 1.43. The van der Waals surface area contributed by atoms with Gasteiger partial charge in [-0.25, -0.2) is 0 Å². The largest absolute Gasteiger partial charge is 0.379 e. The summed E-state index contributed by atoms with van der Waals surface area (Å²) >= 11 is 0. The number of carbonyl (C=O) groups excluding carboxylic acids is 1. The van der Waals surface area contributed by atoms with Crippen LogP contribution in [0.15, 0.2) is 30.3 Å². The minimum Gasteiger partial charge on any atom is -0.379 e. The van der Waals surface area contributed by atoms with Crippen LogP contribution in [0, 0.1) is 12.8 Å². The minimum absolute atomic E-state index is 0.276. The number of aryl methyl sites for hydroxylation is 1. The molecule has 1 aromatic rings. The molecule has 0 saturated carbocycles. The van der Waals surface area contributed by atoms with Crippen LogP contribution in [0.1, 0.15) is 24.0 Å². The first-order chi connectivity index (χ1) is 11.7. The van der Waals surface area contributed by atoms with E-state index in [1.165, 1.54) is 11.1 Å². The number of ether oxygens (including phenoxy) is 1. The fourth-order valence-corrected chi connectivity index (χ4v) is 3.32. The van der Waals surface area contributed by atoms with Gasteiger partial charge in [0, 0.05) is 26.2 Å². The summed E-state index contributed by atoms with van der Waals surface area (Å²) in [6, 6.07) is 8.61. The zero-order chi connectivity index (χ0) is 16.8. The Labute approximate surface area is 145 Å². The van der Waals surface area contributed by atoms with Crippen molar-refractivity contribution in [2.45, 2.75) is 19.8 Å². The molecule has 0 N–H and O–H groups in total. The van der Waals surface area contributed by atoms with Gasteiger partial charge in [0.15, 0.2) is 0 Å². The van der Waals surface area contributed by atoms with E-state index in [1.807, 2.05) is 4.90 Å². The zero-order valence-corrected chi connectivity index (χ0v) is 14.6. The molecule has 0 aliphatic carbocycles. The van der Waals surface area contributed by atoms with Crippen molar-refractivity contribution in [2.24, 2.45) is 5.92 Å². The number of morpholine rings is 1. The quantitative estimate of drug-likeness (QED) is 0.852. The highest BCUT2D eigenvalue weighted by Crippen LogP contribution is 2.20. The van der Waals surface area contributed by atoms with Gasteiger partial charge in [-0.15, -0.1) is 0 Å². The third-order valence-electron chi connectivity index (χ3n) is 4.99. The average molecular weight is 328 g/mol. The topological polar surface area (TPSA) is 32.8 Å². The molecule has 24 heavy (non-hydrogen) atoms. The molecule has 0 bridgehead atoms. The Morgan fingerprint density at radius 2 is 1.79 bits per heavy atom. The summed E-state index contributed by atoms with van der Waals surface area (Å²) in [5.74, 6) is 0.858. The van der Waals surface area contributed by atoms with Gasteiger partial charge in [0.2, 0.25) is 5.91 Å². The van der Waals surface area contributed by atoms with Crippen molar-refractivity contribution >= 4 is 12.0 Å². The van der Waals surface area contributed by atoms with Crippen LogP contribution >= 0.6 is 0 Å². The van der Waals surface area contributed by atoms with Crippen LogP contribution in [0.2, 0.25) is 0 Å². The number of rotatable bonds is 4. The summed E-state index contributed by atoms with van der Waals surface area (Å²) < 4.78 is 5.34. The number of hydrogen-bond acceptors (Lipinski definition) is 3. The second kappa shape index (κ2) is 8.45. The van der Waals surface area contributed by atoms with Crippen molar-refractivity contribution in [3.05, 3.63) is 41.5 Å². The molecule has 0 aromatic heterocycles. The third-order valence-corrected chi connectivity index (χ3v) is 4.99. The van der Waals surface area contributed by atoms with E-state index in [-0.39, 0.29) is 5.91 Å². The first-order valence-electron chi connectivity index (χ1n) is 9.03. The van der Waals surface area contributed by atoms with Gasteiger partial charge in [-0.1, -0.05) is 42.0 Å². The molecule has 2 aliphatic heterocycles. The summed E-state index contributed by atoms with van der Waals surface area (Å²) in [7, 11) is 0. The number of amides is 1. The zero-order valence-electron chi connectivity index (χ0n) is 14.6. The molecule has 0 spiro atoms. The van der Waals surface area contributed by atoms with Crippen LogP contribution < -0.4 is 0 Å². The predicted molar refractivity (Wildman–Crippen MR) is 96.8 cm³/mol. The maximum absolute atomic E-state index is 12.4. The van der Waals surface area contributed by atoms with Crippen LogP contribution in [0.25, 0.3) is 6.08 Å². The number of benzene rings is 1. The van der Waals surface area contributed by atoms with E-state index < -0.39 is 0 Å². The van der Waals surface area contributed by atoms with Crippen molar-refractivity contribution < 1.29 is 9.53 Å². The van der Waals surface area contributed by atoms with Crippen molar-refractivity contribution in [1.82, 2.24) is 9.80 Å².